The SMILES string of the molecule is CC1C(C(=O)N2CCN(C3CC(n4cc(-c5ncnc6[nH]ccc56)cn4)C3CCN)CC2)=C(Cl)N=CC1F. The number of carbonyl (C=O) groups is 1. The topological polar surface area (TPSA) is 121 Å². The Balaban J connectivity index is 1.12. The van der Waals surface area contributed by atoms with Gasteiger partial charge in [-0.05, 0) is 31.4 Å². The number of hydrogen-bond donors (Lipinski definition) is 2. The normalized spacial score (nSPS) is 28.2. The maximum atomic E-state index is 14.1. The number of aromatic amines is 1. The molecule has 3 aromatic rings. The lowest BCUT2D eigenvalue weighted by Crippen LogP contribution is -2.59. The molecule has 5 heterocycles. The zero-order chi connectivity index (χ0) is 26.4. The third-order valence-corrected chi connectivity index (χ3v) is 8.63. The molecular formula is C26H31ClFN9O. The van der Waals surface area contributed by atoms with E-state index in [1.54, 1.807) is 18.2 Å². The highest BCUT2D eigenvalue weighted by atomic mass is 35.5. The van der Waals surface area contributed by atoms with Crippen LogP contribution in [0.2, 0.25) is 0 Å². The minimum absolute atomic E-state index is 0.0986. The Hall–Kier alpha value is -3.15. The summed E-state index contributed by atoms with van der Waals surface area (Å²) in [5.74, 6) is -0.441. The largest absolute Gasteiger partial charge is 0.346 e. The van der Waals surface area contributed by atoms with Crippen LogP contribution in [0.15, 0.2) is 46.7 Å². The molecule has 0 aromatic carbocycles. The van der Waals surface area contributed by atoms with Crippen LogP contribution in [-0.2, 0) is 4.79 Å². The van der Waals surface area contributed by atoms with Crippen molar-refractivity contribution in [2.45, 2.75) is 38.0 Å². The number of nitrogens with two attached hydrogens (primary N) is 1. The molecule has 1 saturated heterocycles. The monoisotopic (exact) mass is 539 g/mol. The second-order valence-corrected chi connectivity index (χ2v) is 10.7. The number of piperazine rings is 1. The average molecular weight is 540 g/mol. The van der Waals surface area contributed by atoms with Gasteiger partial charge >= 0.3 is 0 Å². The van der Waals surface area contributed by atoms with E-state index in [1.165, 1.54) is 6.21 Å². The van der Waals surface area contributed by atoms with E-state index in [-0.39, 0.29) is 22.7 Å². The maximum Gasteiger partial charge on any atom is 0.253 e. The molecule has 3 aromatic heterocycles. The molecule has 5 atom stereocenters. The van der Waals surface area contributed by atoms with E-state index in [0.717, 1.165) is 48.2 Å². The molecule has 2 aliphatic heterocycles. The number of hydrogen-bond acceptors (Lipinski definition) is 7. The molecule has 1 saturated carbocycles. The number of carbonyl (C=O) groups excluding carboxylic acids is 1. The van der Waals surface area contributed by atoms with Crippen LogP contribution < -0.4 is 5.73 Å². The zero-order valence-electron chi connectivity index (χ0n) is 21.2. The van der Waals surface area contributed by atoms with E-state index in [0.29, 0.717) is 31.6 Å². The molecule has 12 heteroatoms. The number of H-pyrrole nitrogens is 1. The van der Waals surface area contributed by atoms with Gasteiger partial charge in [0, 0.05) is 67.7 Å². The van der Waals surface area contributed by atoms with E-state index in [2.05, 4.69) is 35.7 Å². The van der Waals surface area contributed by atoms with Gasteiger partial charge in [0.2, 0.25) is 0 Å². The van der Waals surface area contributed by atoms with Gasteiger partial charge in [-0.25, -0.2) is 19.4 Å². The highest BCUT2D eigenvalue weighted by molar-refractivity contribution is 6.32. The quantitative estimate of drug-likeness (QED) is 0.465. The fraction of sp³-hybridized carbons (Fsp3) is 0.500. The lowest BCUT2D eigenvalue weighted by atomic mass is 9.71. The lowest BCUT2D eigenvalue weighted by molar-refractivity contribution is -0.131. The highest BCUT2D eigenvalue weighted by Crippen LogP contribution is 2.44. The van der Waals surface area contributed by atoms with Crippen LogP contribution in [0.5, 0.6) is 0 Å². The molecule has 2 fully saturated rings. The van der Waals surface area contributed by atoms with Crippen molar-refractivity contribution in [1.82, 2.24) is 34.5 Å². The number of rotatable bonds is 6. The van der Waals surface area contributed by atoms with Crippen LogP contribution in [0.3, 0.4) is 0 Å². The number of nitrogens with zero attached hydrogens (tertiary/aromatic N) is 7. The molecule has 0 spiro atoms. The summed E-state index contributed by atoms with van der Waals surface area (Å²) in [5, 5.41) is 5.77. The first-order valence-electron chi connectivity index (χ1n) is 13.1. The van der Waals surface area contributed by atoms with Crippen molar-refractivity contribution in [2.75, 3.05) is 32.7 Å². The minimum Gasteiger partial charge on any atom is -0.346 e. The minimum atomic E-state index is -1.30. The fourth-order valence-electron chi connectivity index (χ4n) is 6.10. The first-order valence-corrected chi connectivity index (χ1v) is 13.5. The molecular weight excluding hydrogens is 509 g/mol. The van der Waals surface area contributed by atoms with Crippen LogP contribution in [0, 0.1) is 11.8 Å². The number of halogens is 2. The summed E-state index contributed by atoms with van der Waals surface area (Å²) in [6, 6.07) is 2.61. The number of aromatic nitrogens is 5. The third-order valence-electron chi connectivity index (χ3n) is 8.33. The Labute approximate surface area is 224 Å². The van der Waals surface area contributed by atoms with Gasteiger partial charge in [-0.3, -0.25) is 14.4 Å². The molecule has 200 valence electrons. The van der Waals surface area contributed by atoms with Gasteiger partial charge in [-0.1, -0.05) is 18.5 Å². The van der Waals surface area contributed by atoms with Crippen molar-refractivity contribution in [2.24, 2.45) is 22.6 Å². The van der Waals surface area contributed by atoms with Crippen LogP contribution in [0.1, 0.15) is 25.8 Å². The Kier molecular flexibility index (Phi) is 6.75. The predicted octanol–water partition coefficient (Wildman–Crippen LogP) is 2.75. The van der Waals surface area contributed by atoms with Crippen molar-refractivity contribution in [3.05, 3.63) is 41.7 Å². The number of fused-ring (bicyclic) bond motifs is 1. The number of nitrogens with one attached hydrogen (secondary N) is 1. The Morgan fingerprint density at radius 2 is 2.05 bits per heavy atom. The smallest absolute Gasteiger partial charge is 0.253 e. The third kappa shape index (κ3) is 4.32. The fourth-order valence-corrected chi connectivity index (χ4v) is 6.40. The highest BCUT2D eigenvalue weighted by Gasteiger charge is 2.46. The summed E-state index contributed by atoms with van der Waals surface area (Å²) in [6.45, 7) is 4.94. The van der Waals surface area contributed by atoms with E-state index in [9.17, 15) is 9.18 Å². The molecule has 38 heavy (non-hydrogen) atoms. The van der Waals surface area contributed by atoms with E-state index in [4.69, 9.17) is 22.4 Å². The van der Waals surface area contributed by atoms with Crippen LogP contribution in [-0.4, -0.2) is 91.6 Å². The van der Waals surface area contributed by atoms with E-state index < -0.39 is 12.1 Å². The molecule has 5 unspecified atom stereocenters. The first kappa shape index (κ1) is 25.1. The van der Waals surface area contributed by atoms with Gasteiger partial charge in [0.05, 0.1) is 23.5 Å². The van der Waals surface area contributed by atoms with Gasteiger partial charge < -0.3 is 15.6 Å². The van der Waals surface area contributed by atoms with Crippen LogP contribution >= 0.6 is 11.6 Å². The average Bonchev–Trinajstić information content (AvgIpc) is 3.59. The first-order chi connectivity index (χ1) is 18.5. The van der Waals surface area contributed by atoms with Crippen LogP contribution in [0.4, 0.5) is 4.39 Å². The summed E-state index contributed by atoms with van der Waals surface area (Å²) < 4.78 is 16.2. The number of amides is 1. The summed E-state index contributed by atoms with van der Waals surface area (Å²) >= 11 is 6.19. The Morgan fingerprint density at radius 3 is 2.84 bits per heavy atom. The molecule has 6 rings (SSSR count). The number of alkyl halides is 1. The van der Waals surface area contributed by atoms with Gasteiger partial charge in [0.25, 0.3) is 5.91 Å². The second kappa shape index (κ2) is 10.2. The Morgan fingerprint density at radius 1 is 1.24 bits per heavy atom. The Bertz CT molecular complexity index is 1390. The molecule has 1 aliphatic carbocycles. The van der Waals surface area contributed by atoms with Gasteiger partial charge in [-0.2, -0.15) is 5.10 Å². The summed E-state index contributed by atoms with van der Waals surface area (Å²) in [4.78, 5) is 33.2. The second-order valence-electron chi connectivity index (χ2n) is 10.3. The molecule has 3 N–H and O–H groups in total. The molecule has 1 amide bonds. The predicted molar refractivity (Wildman–Crippen MR) is 143 cm³/mol. The van der Waals surface area contributed by atoms with Crippen molar-refractivity contribution in [3.63, 3.8) is 0 Å². The van der Waals surface area contributed by atoms with Crippen LogP contribution in [0.25, 0.3) is 22.3 Å². The maximum absolute atomic E-state index is 14.1. The summed E-state index contributed by atoms with van der Waals surface area (Å²) in [7, 11) is 0. The standard InChI is InChI=1S/C26H31ClFN9O/c1-15-19(28)12-31-24(27)22(15)26(38)36-8-6-35(7-9-36)20-10-21(17(20)2-4-29)37-13-16(11-34-37)23-18-3-5-30-25(18)33-14-32-23/h3,5,11-15,17,19-21H,2,4,6-10,29H2,1H3,(H,30,32,33). The lowest BCUT2D eigenvalue weighted by Gasteiger charge is -2.52. The van der Waals surface area contributed by atoms with E-state index in [1.807, 2.05) is 18.5 Å². The van der Waals surface area contributed by atoms with Crippen molar-refractivity contribution < 1.29 is 9.18 Å². The summed E-state index contributed by atoms with van der Waals surface area (Å²) in [6.07, 6.45) is 9.10. The molecule has 0 bridgehead atoms. The van der Waals surface area contributed by atoms with Crippen molar-refractivity contribution in [3.8, 4) is 11.3 Å². The van der Waals surface area contributed by atoms with Crippen molar-refractivity contribution >= 4 is 34.8 Å². The van der Waals surface area contributed by atoms with Crippen molar-refractivity contribution in [1.29, 1.82) is 0 Å². The van der Waals surface area contributed by atoms with E-state index >= 15 is 0 Å². The zero-order valence-corrected chi connectivity index (χ0v) is 21.9. The van der Waals surface area contributed by atoms with Gasteiger partial charge in [0.15, 0.2) is 0 Å². The molecule has 3 aliphatic rings. The number of aliphatic imine (C=N–C) groups is 1. The molecule has 10 nitrogen and oxygen atoms in total. The van der Waals surface area contributed by atoms with Gasteiger partial charge in [-0.15, -0.1) is 0 Å². The summed E-state index contributed by atoms with van der Waals surface area (Å²) in [5.41, 5.74) is 8.92. The molecule has 0 radical (unpaired) electrons. The van der Waals surface area contributed by atoms with Gasteiger partial charge in [0.1, 0.15) is 23.3 Å².